The molecule has 2 aromatic rings. The van der Waals surface area contributed by atoms with Gasteiger partial charge in [0.25, 0.3) is 0 Å². The Morgan fingerprint density at radius 1 is 1.10 bits per heavy atom. The number of benzene rings is 2. The first-order chi connectivity index (χ1) is 14.1. The second kappa shape index (κ2) is 10.3. The van der Waals surface area contributed by atoms with E-state index in [1.54, 1.807) is 7.11 Å². The smallest absolute Gasteiger partial charge is 0.250 e. The minimum atomic E-state index is -0.152. The van der Waals surface area contributed by atoms with Gasteiger partial charge < -0.3 is 24.6 Å². The van der Waals surface area contributed by atoms with Gasteiger partial charge in [0.1, 0.15) is 12.4 Å². The van der Waals surface area contributed by atoms with Crippen LogP contribution in [-0.2, 0) is 16.1 Å². The molecule has 1 heterocycles. The predicted molar refractivity (Wildman–Crippen MR) is 117 cm³/mol. The van der Waals surface area contributed by atoms with E-state index in [0.717, 1.165) is 55.3 Å². The van der Waals surface area contributed by atoms with Crippen LogP contribution in [0.15, 0.2) is 42.5 Å². The molecule has 1 saturated heterocycles. The molecule has 0 aromatic heterocycles. The third-order valence-electron chi connectivity index (χ3n) is 5.30. The van der Waals surface area contributed by atoms with Gasteiger partial charge in [-0.25, -0.2) is 0 Å². The Morgan fingerprint density at radius 3 is 2.59 bits per heavy atom. The predicted octanol–water partition coefficient (Wildman–Crippen LogP) is 3.30. The molecule has 0 unspecified atom stereocenters. The van der Waals surface area contributed by atoms with Crippen LogP contribution in [-0.4, -0.2) is 57.2 Å². The highest BCUT2D eigenvalue weighted by molar-refractivity contribution is 5.92. The third-order valence-corrected chi connectivity index (χ3v) is 5.30. The van der Waals surface area contributed by atoms with E-state index in [1.165, 1.54) is 5.69 Å². The van der Waals surface area contributed by atoms with Gasteiger partial charge >= 0.3 is 0 Å². The molecule has 29 heavy (non-hydrogen) atoms. The Bertz CT molecular complexity index is 817. The van der Waals surface area contributed by atoms with Crippen molar-refractivity contribution in [3.63, 3.8) is 0 Å². The number of rotatable bonds is 8. The summed E-state index contributed by atoms with van der Waals surface area (Å²) in [5.41, 5.74) is 4.07. The molecule has 1 aliphatic rings. The maximum absolute atomic E-state index is 12.3. The summed E-state index contributed by atoms with van der Waals surface area (Å²) in [6.45, 7) is 9.99. The van der Waals surface area contributed by atoms with Crippen molar-refractivity contribution in [2.24, 2.45) is 0 Å². The average molecular weight is 398 g/mol. The number of piperazine rings is 1. The number of hydrogen-bond acceptors (Lipinski definition) is 5. The Balaban J connectivity index is 1.48. The van der Waals surface area contributed by atoms with Crippen molar-refractivity contribution in [1.29, 1.82) is 0 Å². The molecule has 1 fully saturated rings. The molecule has 0 spiro atoms. The van der Waals surface area contributed by atoms with Gasteiger partial charge in [-0.15, -0.1) is 0 Å². The number of hydrogen-bond donors (Lipinski definition) is 1. The maximum Gasteiger partial charge on any atom is 0.250 e. The number of nitrogens with one attached hydrogen (secondary N) is 1. The molecule has 1 amide bonds. The fraction of sp³-hybridized carbons (Fsp3) is 0.435. The largest absolute Gasteiger partial charge is 0.497 e. The highest BCUT2D eigenvalue weighted by Crippen LogP contribution is 2.24. The molecular weight excluding hydrogens is 366 g/mol. The summed E-state index contributed by atoms with van der Waals surface area (Å²) in [6.07, 6.45) is 0. The topological polar surface area (TPSA) is 54.0 Å². The van der Waals surface area contributed by atoms with E-state index in [1.807, 2.05) is 37.3 Å². The van der Waals surface area contributed by atoms with Crippen LogP contribution in [0.25, 0.3) is 0 Å². The zero-order valence-electron chi connectivity index (χ0n) is 17.6. The number of anilines is 2. The Kier molecular flexibility index (Phi) is 7.49. The lowest BCUT2D eigenvalue weighted by molar-refractivity contribution is -0.121. The zero-order chi connectivity index (χ0) is 20.6. The summed E-state index contributed by atoms with van der Waals surface area (Å²) in [7, 11) is 1.63. The molecule has 0 aliphatic carbocycles. The number of nitrogens with zero attached hydrogens (tertiary/aromatic N) is 2. The van der Waals surface area contributed by atoms with Crippen LogP contribution in [0, 0.1) is 6.92 Å². The maximum atomic E-state index is 12.3. The summed E-state index contributed by atoms with van der Waals surface area (Å²) < 4.78 is 10.8. The monoisotopic (exact) mass is 397 g/mol. The van der Waals surface area contributed by atoms with Crippen molar-refractivity contribution in [2.75, 3.05) is 56.7 Å². The lowest BCUT2D eigenvalue weighted by Crippen LogP contribution is -2.46. The molecule has 0 atom stereocenters. The molecule has 6 heteroatoms. The van der Waals surface area contributed by atoms with E-state index in [2.05, 4.69) is 34.2 Å². The van der Waals surface area contributed by atoms with Crippen LogP contribution < -0.4 is 15.0 Å². The van der Waals surface area contributed by atoms with Crippen molar-refractivity contribution < 1.29 is 14.3 Å². The molecule has 3 rings (SSSR count). The number of methoxy groups -OCH3 is 1. The number of carbonyl (C=O) groups is 1. The van der Waals surface area contributed by atoms with E-state index >= 15 is 0 Å². The van der Waals surface area contributed by atoms with E-state index in [-0.39, 0.29) is 12.5 Å². The normalized spacial score (nSPS) is 14.7. The fourth-order valence-electron chi connectivity index (χ4n) is 3.52. The van der Waals surface area contributed by atoms with Crippen LogP contribution in [0.5, 0.6) is 5.75 Å². The van der Waals surface area contributed by atoms with Gasteiger partial charge in [0, 0.05) is 37.6 Å². The zero-order valence-corrected chi connectivity index (χ0v) is 17.6. The van der Waals surface area contributed by atoms with Gasteiger partial charge in [-0.05, 0) is 54.9 Å². The lowest BCUT2D eigenvalue weighted by Gasteiger charge is -2.35. The fourth-order valence-corrected chi connectivity index (χ4v) is 3.52. The number of aryl methyl sites for hydroxylation is 1. The molecule has 0 radical (unpaired) electrons. The standard InChI is InChI=1S/C23H31N3O3/c1-4-25-10-12-26(13-11-25)20-8-9-22(18(2)14-20)24-23(27)17-29-16-19-6-5-7-21(15-19)28-3/h5-9,14-15H,4,10-13,16-17H2,1-3H3,(H,24,27). The summed E-state index contributed by atoms with van der Waals surface area (Å²) in [4.78, 5) is 17.1. The summed E-state index contributed by atoms with van der Waals surface area (Å²) in [6, 6.07) is 13.9. The molecular formula is C23H31N3O3. The van der Waals surface area contributed by atoms with Gasteiger partial charge in [-0.3, -0.25) is 4.79 Å². The van der Waals surface area contributed by atoms with E-state index in [9.17, 15) is 4.79 Å². The Morgan fingerprint density at radius 2 is 1.90 bits per heavy atom. The highest BCUT2D eigenvalue weighted by atomic mass is 16.5. The van der Waals surface area contributed by atoms with Crippen molar-refractivity contribution >= 4 is 17.3 Å². The van der Waals surface area contributed by atoms with Crippen molar-refractivity contribution in [3.05, 3.63) is 53.6 Å². The van der Waals surface area contributed by atoms with Gasteiger partial charge in [0.2, 0.25) is 5.91 Å². The first-order valence-electron chi connectivity index (χ1n) is 10.2. The van der Waals surface area contributed by atoms with Crippen LogP contribution in [0.1, 0.15) is 18.1 Å². The van der Waals surface area contributed by atoms with Crippen LogP contribution in [0.3, 0.4) is 0 Å². The van der Waals surface area contributed by atoms with E-state index in [4.69, 9.17) is 9.47 Å². The van der Waals surface area contributed by atoms with Gasteiger partial charge in [-0.2, -0.15) is 0 Å². The van der Waals surface area contributed by atoms with Crippen LogP contribution in [0.4, 0.5) is 11.4 Å². The Hall–Kier alpha value is -2.57. The van der Waals surface area contributed by atoms with E-state index in [0.29, 0.717) is 6.61 Å². The summed E-state index contributed by atoms with van der Waals surface area (Å²) >= 11 is 0. The van der Waals surface area contributed by atoms with Crippen molar-refractivity contribution in [2.45, 2.75) is 20.5 Å². The van der Waals surface area contributed by atoms with Crippen molar-refractivity contribution in [1.82, 2.24) is 4.90 Å². The van der Waals surface area contributed by atoms with Gasteiger partial charge in [0.15, 0.2) is 0 Å². The van der Waals surface area contributed by atoms with E-state index < -0.39 is 0 Å². The summed E-state index contributed by atoms with van der Waals surface area (Å²) in [5, 5.41) is 2.95. The lowest BCUT2D eigenvalue weighted by atomic mass is 10.1. The second-order valence-electron chi connectivity index (χ2n) is 7.31. The molecule has 156 valence electrons. The first kappa shape index (κ1) is 21.1. The molecule has 0 saturated carbocycles. The highest BCUT2D eigenvalue weighted by Gasteiger charge is 2.16. The number of carbonyl (C=O) groups excluding carboxylic acids is 1. The number of amides is 1. The minimum absolute atomic E-state index is 0.0113. The van der Waals surface area contributed by atoms with Crippen molar-refractivity contribution in [3.8, 4) is 5.75 Å². The first-order valence-corrected chi connectivity index (χ1v) is 10.2. The van der Waals surface area contributed by atoms with Crippen LogP contribution >= 0.6 is 0 Å². The minimum Gasteiger partial charge on any atom is -0.497 e. The third kappa shape index (κ3) is 5.95. The SMILES string of the molecule is CCN1CCN(c2ccc(NC(=O)COCc3cccc(OC)c3)c(C)c2)CC1. The number of likely N-dealkylation sites (N-methyl/N-ethyl adjacent to an activating group) is 1. The molecule has 2 aromatic carbocycles. The molecule has 6 nitrogen and oxygen atoms in total. The van der Waals surface area contributed by atoms with Gasteiger partial charge in [-0.1, -0.05) is 19.1 Å². The second-order valence-corrected chi connectivity index (χ2v) is 7.31. The van der Waals surface area contributed by atoms with Crippen LogP contribution in [0.2, 0.25) is 0 Å². The number of ether oxygens (including phenoxy) is 2. The Labute approximate surface area is 173 Å². The molecule has 0 bridgehead atoms. The quantitative estimate of drug-likeness (QED) is 0.741. The average Bonchev–Trinajstić information content (AvgIpc) is 2.75. The summed E-state index contributed by atoms with van der Waals surface area (Å²) in [5.74, 6) is 0.627. The van der Waals surface area contributed by atoms with Gasteiger partial charge in [0.05, 0.1) is 13.7 Å². The molecule has 1 N–H and O–H groups in total. The molecule has 1 aliphatic heterocycles.